The highest BCUT2D eigenvalue weighted by molar-refractivity contribution is 5.91. The fourth-order valence-electron chi connectivity index (χ4n) is 4.09. The van der Waals surface area contributed by atoms with Crippen LogP contribution in [0.15, 0.2) is 48.5 Å². The summed E-state index contributed by atoms with van der Waals surface area (Å²) in [6.45, 7) is 0.523. The molecule has 0 unspecified atom stereocenters. The van der Waals surface area contributed by atoms with E-state index in [1.807, 2.05) is 60.5 Å². The number of amides is 2. The number of methoxy groups -OCH3 is 1. The number of ether oxygens (including phenoxy) is 1. The van der Waals surface area contributed by atoms with Crippen molar-refractivity contribution >= 4 is 11.8 Å². The Morgan fingerprint density at radius 1 is 1.12 bits per heavy atom. The van der Waals surface area contributed by atoms with Crippen LogP contribution in [0.4, 0.5) is 0 Å². The van der Waals surface area contributed by atoms with E-state index in [0.717, 1.165) is 22.4 Å². The number of hydrogen-bond donors (Lipinski definition) is 0. The Morgan fingerprint density at radius 2 is 1.88 bits per heavy atom. The summed E-state index contributed by atoms with van der Waals surface area (Å²) in [7, 11) is 3.45. The highest BCUT2D eigenvalue weighted by Crippen LogP contribution is 2.38. The Balaban J connectivity index is 1.73. The third-order valence-electron chi connectivity index (χ3n) is 5.39. The number of likely N-dealkylation sites (N-methyl/N-ethyl adjacent to an activating group) is 1. The molecule has 1 fully saturated rings. The number of nitrogens with zero attached hydrogens (tertiary/aromatic N) is 2. The summed E-state index contributed by atoms with van der Waals surface area (Å²) in [6, 6.07) is 15.2. The highest BCUT2D eigenvalue weighted by atomic mass is 16.5. The zero-order chi connectivity index (χ0) is 18.3. The van der Waals surface area contributed by atoms with E-state index in [4.69, 9.17) is 4.74 Å². The van der Waals surface area contributed by atoms with Crippen LogP contribution in [0.25, 0.3) is 0 Å². The molecule has 1 saturated heterocycles. The van der Waals surface area contributed by atoms with E-state index >= 15 is 0 Å². The number of carbonyl (C=O) groups excluding carboxylic acids is 2. The zero-order valence-corrected chi connectivity index (χ0v) is 15.0. The number of rotatable bonds is 3. The second-order valence-corrected chi connectivity index (χ2v) is 6.98. The van der Waals surface area contributed by atoms with E-state index in [0.29, 0.717) is 19.4 Å². The summed E-state index contributed by atoms with van der Waals surface area (Å²) in [5, 5.41) is 0. The third-order valence-corrected chi connectivity index (χ3v) is 5.39. The summed E-state index contributed by atoms with van der Waals surface area (Å²) in [6.07, 6.45) is 0.850. The van der Waals surface area contributed by atoms with E-state index in [1.54, 1.807) is 12.0 Å². The Kier molecular flexibility index (Phi) is 4.15. The van der Waals surface area contributed by atoms with Gasteiger partial charge in [-0.25, -0.2) is 0 Å². The van der Waals surface area contributed by atoms with Gasteiger partial charge >= 0.3 is 0 Å². The van der Waals surface area contributed by atoms with Gasteiger partial charge in [0.25, 0.3) is 0 Å². The van der Waals surface area contributed by atoms with Crippen LogP contribution in [-0.2, 0) is 22.4 Å². The van der Waals surface area contributed by atoms with Crippen LogP contribution in [0.2, 0.25) is 0 Å². The van der Waals surface area contributed by atoms with Crippen LogP contribution < -0.4 is 4.74 Å². The summed E-state index contributed by atoms with van der Waals surface area (Å²) >= 11 is 0. The van der Waals surface area contributed by atoms with Crippen molar-refractivity contribution in [2.45, 2.75) is 24.9 Å². The molecule has 5 nitrogen and oxygen atoms in total. The van der Waals surface area contributed by atoms with Crippen LogP contribution in [0.3, 0.4) is 0 Å². The molecule has 2 heterocycles. The van der Waals surface area contributed by atoms with Gasteiger partial charge in [-0.1, -0.05) is 36.4 Å². The molecule has 4 rings (SSSR count). The van der Waals surface area contributed by atoms with Gasteiger partial charge in [-0.05, 0) is 28.8 Å². The molecule has 2 aromatic carbocycles. The van der Waals surface area contributed by atoms with Crippen molar-refractivity contribution in [2.75, 3.05) is 20.7 Å². The fraction of sp³-hybridized carbons (Fsp3) is 0.333. The minimum Gasteiger partial charge on any atom is -0.497 e. The van der Waals surface area contributed by atoms with Gasteiger partial charge in [0, 0.05) is 20.0 Å². The van der Waals surface area contributed by atoms with Gasteiger partial charge < -0.3 is 14.5 Å². The molecule has 0 radical (unpaired) electrons. The maximum absolute atomic E-state index is 13.0. The van der Waals surface area contributed by atoms with Crippen molar-refractivity contribution in [3.63, 3.8) is 0 Å². The molecule has 2 aliphatic heterocycles. The molecule has 2 aromatic rings. The molecule has 26 heavy (non-hydrogen) atoms. The molecule has 2 aliphatic rings. The molecule has 0 spiro atoms. The van der Waals surface area contributed by atoms with E-state index in [1.165, 1.54) is 0 Å². The van der Waals surface area contributed by atoms with Gasteiger partial charge in [0.2, 0.25) is 11.8 Å². The summed E-state index contributed by atoms with van der Waals surface area (Å²) in [5.41, 5.74) is 3.17. The van der Waals surface area contributed by atoms with Gasteiger partial charge in [-0.15, -0.1) is 0 Å². The third kappa shape index (κ3) is 2.73. The van der Waals surface area contributed by atoms with Crippen LogP contribution in [-0.4, -0.2) is 48.4 Å². The maximum atomic E-state index is 13.0. The summed E-state index contributed by atoms with van der Waals surface area (Å²) < 4.78 is 5.30. The van der Waals surface area contributed by atoms with E-state index in [9.17, 15) is 9.59 Å². The Hall–Kier alpha value is -2.82. The van der Waals surface area contributed by atoms with Gasteiger partial charge in [0.1, 0.15) is 11.8 Å². The SMILES string of the molecule is COc1ccc2c(c1)CC(=O)N1[C@@H]2CN(C)C(=O)[C@@H]1Cc1ccccc1. The molecule has 2 atom stereocenters. The van der Waals surface area contributed by atoms with E-state index < -0.39 is 6.04 Å². The number of hydrogen-bond acceptors (Lipinski definition) is 3. The Morgan fingerprint density at radius 3 is 2.62 bits per heavy atom. The maximum Gasteiger partial charge on any atom is 0.245 e. The molecule has 0 aromatic heterocycles. The average molecular weight is 350 g/mol. The number of benzene rings is 2. The van der Waals surface area contributed by atoms with Crippen molar-refractivity contribution in [3.05, 3.63) is 65.2 Å². The van der Waals surface area contributed by atoms with Crippen LogP contribution in [0.1, 0.15) is 22.7 Å². The first kappa shape index (κ1) is 16.6. The predicted octanol–water partition coefficient (Wildman–Crippen LogP) is 2.20. The first-order valence-corrected chi connectivity index (χ1v) is 8.85. The predicted molar refractivity (Wildman–Crippen MR) is 97.9 cm³/mol. The average Bonchev–Trinajstić information content (AvgIpc) is 2.65. The van der Waals surface area contributed by atoms with Gasteiger partial charge in [-0.3, -0.25) is 9.59 Å². The largest absolute Gasteiger partial charge is 0.497 e. The van der Waals surface area contributed by atoms with Gasteiger partial charge in [-0.2, -0.15) is 0 Å². The number of fused-ring (bicyclic) bond motifs is 3. The first-order chi connectivity index (χ1) is 12.6. The molecule has 2 amide bonds. The Bertz CT molecular complexity index is 850. The van der Waals surface area contributed by atoms with Crippen molar-refractivity contribution in [1.82, 2.24) is 9.80 Å². The van der Waals surface area contributed by atoms with Crippen LogP contribution in [0, 0.1) is 0 Å². The van der Waals surface area contributed by atoms with Crippen LogP contribution in [0.5, 0.6) is 5.75 Å². The van der Waals surface area contributed by atoms with Crippen molar-refractivity contribution in [3.8, 4) is 5.75 Å². The minimum atomic E-state index is -0.455. The number of piperazine rings is 1. The lowest BCUT2D eigenvalue weighted by atomic mass is 9.86. The second-order valence-electron chi connectivity index (χ2n) is 6.98. The van der Waals surface area contributed by atoms with Gasteiger partial charge in [0.05, 0.1) is 19.6 Å². The standard InChI is InChI=1S/C21H22N2O3/c1-22-13-19-17-9-8-16(26-2)11-15(17)12-20(24)23(19)18(21(22)25)10-14-6-4-3-5-7-14/h3-9,11,18-19H,10,12-13H2,1-2H3/t18-,19+/m0/s1. The van der Waals surface area contributed by atoms with Gasteiger partial charge in [0.15, 0.2) is 0 Å². The highest BCUT2D eigenvalue weighted by Gasteiger charge is 2.45. The molecular weight excluding hydrogens is 328 g/mol. The lowest BCUT2D eigenvalue weighted by molar-refractivity contribution is -0.155. The molecule has 0 saturated carbocycles. The lowest BCUT2D eigenvalue weighted by Crippen LogP contribution is -2.61. The van der Waals surface area contributed by atoms with Crippen molar-refractivity contribution < 1.29 is 14.3 Å². The second kappa shape index (κ2) is 6.48. The molecule has 0 bridgehead atoms. The molecule has 5 heteroatoms. The normalized spacial score (nSPS) is 22.1. The molecular formula is C21H22N2O3. The summed E-state index contributed by atoms with van der Waals surface area (Å²) in [5.74, 6) is 0.777. The van der Waals surface area contributed by atoms with E-state index in [-0.39, 0.29) is 17.9 Å². The van der Waals surface area contributed by atoms with Crippen molar-refractivity contribution in [1.29, 1.82) is 0 Å². The molecule has 134 valence electrons. The molecule has 0 aliphatic carbocycles. The van der Waals surface area contributed by atoms with Crippen LogP contribution >= 0.6 is 0 Å². The molecule has 0 N–H and O–H groups in total. The van der Waals surface area contributed by atoms with Crippen molar-refractivity contribution in [2.24, 2.45) is 0 Å². The topological polar surface area (TPSA) is 49.9 Å². The minimum absolute atomic E-state index is 0.00964. The zero-order valence-electron chi connectivity index (χ0n) is 15.0. The first-order valence-electron chi connectivity index (χ1n) is 8.85. The lowest BCUT2D eigenvalue weighted by Gasteiger charge is -2.48. The monoisotopic (exact) mass is 350 g/mol. The van der Waals surface area contributed by atoms with E-state index in [2.05, 4.69) is 0 Å². The quantitative estimate of drug-likeness (QED) is 0.853. The summed E-state index contributed by atoms with van der Waals surface area (Å²) in [4.78, 5) is 29.4. The Labute approximate surface area is 153 Å². The smallest absolute Gasteiger partial charge is 0.245 e. The number of carbonyl (C=O) groups is 2. The fourth-order valence-corrected chi connectivity index (χ4v) is 4.09.